The Hall–Kier alpha value is -1.70. The SMILES string of the molecule is CN1[CH]N(CCC2C=Cc3ccccc32)C=C1. The van der Waals surface area contributed by atoms with Gasteiger partial charge in [0.25, 0.3) is 0 Å². The third-order valence-corrected chi connectivity index (χ3v) is 3.43. The highest BCUT2D eigenvalue weighted by molar-refractivity contribution is 5.62. The third-order valence-electron chi connectivity index (χ3n) is 3.43. The Kier molecular flexibility index (Phi) is 2.63. The van der Waals surface area contributed by atoms with E-state index in [1.54, 1.807) is 0 Å². The Morgan fingerprint density at radius 1 is 1.18 bits per heavy atom. The molecular weight excluding hydrogens is 208 g/mol. The molecule has 1 unspecified atom stereocenters. The summed E-state index contributed by atoms with van der Waals surface area (Å²) in [7, 11) is 2.06. The van der Waals surface area contributed by atoms with Gasteiger partial charge in [0.15, 0.2) is 0 Å². The maximum absolute atomic E-state index is 2.33. The summed E-state index contributed by atoms with van der Waals surface area (Å²) in [5.74, 6) is 0.582. The van der Waals surface area contributed by atoms with Crippen LogP contribution in [0, 0.1) is 6.67 Å². The summed E-state index contributed by atoms with van der Waals surface area (Å²) in [6, 6.07) is 8.68. The summed E-state index contributed by atoms with van der Waals surface area (Å²) in [5, 5.41) is 0. The number of fused-ring (bicyclic) bond motifs is 1. The van der Waals surface area contributed by atoms with E-state index in [4.69, 9.17) is 0 Å². The molecular formula is C15H17N2. The molecule has 87 valence electrons. The van der Waals surface area contributed by atoms with Crippen molar-refractivity contribution in [2.75, 3.05) is 13.6 Å². The maximum atomic E-state index is 2.33. The number of nitrogens with zero attached hydrogens (tertiary/aromatic N) is 2. The van der Waals surface area contributed by atoms with Gasteiger partial charge < -0.3 is 9.80 Å². The highest BCUT2D eigenvalue weighted by Gasteiger charge is 2.18. The lowest BCUT2D eigenvalue weighted by Crippen LogP contribution is -2.18. The van der Waals surface area contributed by atoms with Crippen LogP contribution in [0.1, 0.15) is 23.5 Å². The molecule has 0 saturated carbocycles. The monoisotopic (exact) mass is 225 g/mol. The number of rotatable bonds is 3. The van der Waals surface area contributed by atoms with Crippen molar-refractivity contribution in [3.8, 4) is 0 Å². The molecule has 1 aliphatic heterocycles. The van der Waals surface area contributed by atoms with Crippen LogP contribution in [0.15, 0.2) is 42.7 Å². The molecule has 0 bridgehead atoms. The fourth-order valence-electron chi connectivity index (χ4n) is 2.50. The number of benzene rings is 1. The van der Waals surface area contributed by atoms with Crippen molar-refractivity contribution in [3.63, 3.8) is 0 Å². The average molecular weight is 225 g/mol. The van der Waals surface area contributed by atoms with Gasteiger partial charge >= 0.3 is 0 Å². The Morgan fingerprint density at radius 2 is 2.06 bits per heavy atom. The van der Waals surface area contributed by atoms with Crippen LogP contribution < -0.4 is 0 Å². The lowest BCUT2D eigenvalue weighted by molar-refractivity contribution is 0.369. The van der Waals surface area contributed by atoms with Crippen LogP contribution in [0.5, 0.6) is 0 Å². The normalized spacial score (nSPS) is 21.4. The molecule has 2 heteroatoms. The van der Waals surface area contributed by atoms with Gasteiger partial charge in [-0.3, -0.25) is 0 Å². The number of allylic oxidation sites excluding steroid dienone is 1. The van der Waals surface area contributed by atoms with Gasteiger partial charge in [0, 0.05) is 31.9 Å². The summed E-state index contributed by atoms with van der Waals surface area (Å²) < 4.78 is 0. The van der Waals surface area contributed by atoms with Crippen molar-refractivity contribution in [1.29, 1.82) is 0 Å². The van der Waals surface area contributed by atoms with Gasteiger partial charge in [-0.15, -0.1) is 0 Å². The third kappa shape index (κ3) is 2.07. The van der Waals surface area contributed by atoms with Gasteiger partial charge in [0.05, 0.1) is 0 Å². The van der Waals surface area contributed by atoms with Crippen molar-refractivity contribution in [1.82, 2.24) is 9.80 Å². The molecule has 17 heavy (non-hydrogen) atoms. The van der Waals surface area contributed by atoms with Crippen molar-refractivity contribution in [2.24, 2.45) is 0 Å². The van der Waals surface area contributed by atoms with E-state index in [2.05, 4.69) is 72.3 Å². The molecule has 0 N–H and O–H groups in total. The molecule has 1 aliphatic carbocycles. The molecule has 0 amide bonds. The Labute approximate surface area is 103 Å². The van der Waals surface area contributed by atoms with E-state index in [0.29, 0.717) is 5.92 Å². The van der Waals surface area contributed by atoms with Gasteiger partial charge in [0.2, 0.25) is 0 Å². The van der Waals surface area contributed by atoms with Crippen LogP contribution in [0.4, 0.5) is 0 Å². The van der Waals surface area contributed by atoms with Crippen LogP contribution in [-0.4, -0.2) is 23.4 Å². The maximum Gasteiger partial charge on any atom is 0.141 e. The first-order valence-corrected chi connectivity index (χ1v) is 6.11. The predicted octanol–water partition coefficient (Wildman–Crippen LogP) is 3.02. The van der Waals surface area contributed by atoms with Gasteiger partial charge in [-0.2, -0.15) is 0 Å². The van der Waals surface area contributed by atoms with Gasteiger partial charge in [-0.1, -0.05) is 36.4 Å². The van der Waals surface area contributed by atoms with E-state index in [-0.39, 0.29) is 0 Å². The second-order valence-electron chi connectivity index (χ2n) is 4.70. The largest absolute Gasteiger partial charge is 0.356 e. The number of hydrogen-bond acceptors (Lipinski definition) is 2. The summed E-state index contributed by atoms with van der Waals surface area (Å²) in [6.07, 6.45) is 9.95. The molecule has 1 radical (unpaired) electrons. The molecule has 1 atom stereocenters. The first-order valence-electron chi connectivity index (χ1n) is 6.11. The average Bonchev–Trinajstić information content (AvgIpc) is 2.93. The summed E-state index contributed by atoms with van der Waals surface area (Å²) >= 11 is 0. The van der Waals surface area contributed by atoms with E-state index in [1.807, 2.05) is 0 Å². The van der Waals surface area contributed by atoms with Crippen molar-refractivity contribution >= 4 is 6.08 Å². The molecule has 0 fully saturated rings. The fourth-order valence-corrected chi connectivity index (χ4v) is 2.50. The molecule has 2 nitrogen and oxygen atoms in total. The summed E-state index contributed by atoms with van der Waals surface area (Å²) in [6.45, 7) is 3.20. The van der Waals surface area contributed by atoms with Crippen LogP contribution >= 0.6 is 0 Å². The van der Waals surface area contributed by atoms with Crippen LogP contribution in [0.2, 0.25) is 0 Å². The van der Waals surface area contributed by atoms with Gasteiger partial charge in [-0.05, 0) is 17.5 Å². The first kappa shape index (κ1) is 10.5. The van der Waals surface area contributed by atoms with Crippen LogP contribution in [-0.2, 0) is 0 Å². The molecule has 1 aromatic rings. The summed E-state index contributed by atoms with van der Waals surface area (Å²) in [4.78, 5) is 4.33. The minimum absolute atomic E-state index is 0.582. The van der Waals surface area contributed by atoms with Gasteiger partial charge in [0.1, 0.15) is 6.67 Å². The molecule has 1 aromatic carbocycles. The van der Waals surface area contributed by atoms with E-state index < -0.39 is 0 Å². The highest BCUT2D eigenvalue weighted by Crippen LogP contribution is 2.32. The predicted molar refractivity (Wildman–Crippen MR) is 70.7 cm³/mol. The minimum atomic E-state index is 0.582. The standard InChI is InChI=1S/C15H17N2/c1-16-10-11-17(12-16)9-8-14-7-6-13-4-2-3-5-15(13)14/h2-7,10-12,14H,8-9H2,1H3. The topological polar surface area (TPSA) is 6.48 Å². The lowest BCUT2D eigenvalue weighted by Gasteiger charge is -2.19. The van der Waals surface area contributed by atoms with E-state index in [0.717, 1.165) is 6.54 Å². The van der Waals surface area contributed by atoms with Gasteiger partial charge in [-0.25, -0.2) is 0 Å². The minimum Gasteiger partial charge on any atom is -0.356 e. The van der Waals surface area contributed by atoms with Crippen molar-refractivity contribution in [3.05, 3.63) is 60.5 Å². The Morgan fingerprint density at radius 3 is 2.88 bits per heavy atom. The van der Waals surface area contributed by atoms with E-state index >= 15 is 0 Å². The second-order valence-corrected chi connectivity index (χ2v) is 4.70. The molecule has 0 spiro atoms. The van der Waals surface area contributed by atoms with Crippen LogP contribution in [0.3, 0.4) is 0 Å². The molecule has 0 saturated heterocycles. The first-order chi connectivity index (χ1) is 8.33. The smallest absolute Gasteiger partial charge is 0.141 e. The zero-order chi connectivity index (χ0) is 11.7. The van der Waals surface area contributed by atoms with Crippen LogP contribution in [0.25, 0.3) is 6.08 Å². The molecule has 0 aromatic heterocycles. The fraction of sp³-hybridized carbons (Fsp3) is 0.267. The zero-order valence-electron chi connectivity index (χ0n) is 10.1. The quantitative estimate of drug-likeness (QED) is 0.780. The van der Waals surface area contributed by atoms with Crippen molar-refractivity contribution in [2.45, 2.75) is 12.3 Å². The zero-order valence-corrected chi connectivity index (χ0v) is 10.1. The molecule has 2 aliphatic rings. The second kappa shape index (κ2) is 4.28. The molecule has 3 rings (SSSR count). The highest BCUT2D eigenvalue weighted by atomic mass is 15.3. The molecule has 1 heterocycles. The van der Waals surface area contributed by atoms with Crippen molar-refractivity contribution < 1.29 is 0 Å². The number of hydrogen-bond donors (Lipinski definition) is 0. The van der Waals surface area contributed by atoms with E-state index in [9.17, 15) is 0 Å². The summed E-state index contributed by atoms with van der Waals surface area (Å²) in [5.41, 5.74) is 2.86. The Bertz CT molecular complexity index is 462. The lowest BCUT2D eigenvalue weighted by atomic mass is 9.97. The Balaban J connectivity index is 1.61. The van der Waals surface area contributed by atoms with E-state index in [1.165, 1.54) is 17.5 Å².